The van der Waals surface area contributed by atoms with Gasteiger partial charge in [-0.3, -0.25) is 0 Å². The van der Waals surface area contributed by atoms with E-state index in [0.29, 0.717) is 0 Å². The molecule has 0 aliphatic rings. The summed E-state index contributed by atoms with van der Waals surface area (Å²) in [7, 11) is 2.06. The number of benzene rings is 1. The highest BCUT2D eigenvalue weighted by molar-refractivity contribution is 5.28. The average Bonchev–Trinajstić information content (AvgIpc) is 2.15. The molecule has 0 aliphatic carbocycles. The molecule has 1 rings (SSSR count). The Morgan fingerprint density at radius 3 is 2.31 bits per heavy atom. The smallest absolute Gasteiger partial charge is 0.0666 e. The Kier molecular flexibility index (Phi) is 4.52. The number of hydrogen-bond donors (Lipinski definition) is 0. The van der Waals surface area contributed by atoms with Gasteiger partial charge in [-0.2, -0.15) is 5.26 Å². The van der Waals surface area contributed by atoms with E-state index >= 15 is 0 Å². The Morgan fingerprint density at radius 1 is 1.25 bits per heavy atom. The lowest BCUT2D eigenvalue weighted by atomic mass is 10.1. The van der Waals surface area contributed by atoms with Crippen LogP contribution in [0.1, 0.15) is 23.6 Å². The van der Waals surface area contributed by atoms with Crippen LogP contribution in [0, 0.1) is 31.1 Å². The molecule has 1 atom stereocenters. The number of nitriles is 1. The van der Waals surface area contributed by atoms with Gasteiger partial charge in [-0.1, -0.05) is 29.3 Å². The molecule has 86 valence electrons. The number of nitrogens with zero attached hydrogens (tertiary/aromatic N) is 2. The largest absolute Gasteiger partial charge is 0.301 e. The summed E-state index contributed by atoms with van der Waals surface area (Å²) < 4.78 is 0. The molecule has 1 aromatic rings. The van der Waals surface area contributed by atoms with Gasteiger partial charge in [0.05, 0.1) is 12.0 Å². The molecule has 0 amide bonds. The van der Waals surface area contributed by atoms with Gasteiger partial charge in [-0.25, -0.2) is 0 Å². The van der Waals surface area contributed by atoms with E-state index in [9.17, 15) is 0 Å². The van der Waals surface area contributed by atoms with Crippen molar-refractivity contribution in [2.45, 2.75) is 27.3 Å². The van der Waals surface area contributed by atoms with Crippen LogP contribution in [0.4, 0.5) is 0 Å². The second-order valence-electron chi connectivity index (χ2n) is 4.72. The van der Waals surface area contributed by atoms with E-state index in [1.165, 1.54) is 16.7 Å². The highest BCUT2D eigenvalue weighted by atomic mass is 15.1. The first kappa shape index (κ1) is 12.7. The Labute approximate surface area is 98.5 Å². The highest BCUT2D eigenvalue weighted by Gasteiger charge is 2.06. The minimum atomic E-state index is 0.0934. The van der Waals surface area contributed by atoms with Crippen molar-refractivity contribution in [1.29, 1.82) is 5.26 Å². The van der Waals surface area contributed by atoms with Crippen LogP contribution in [0.3, 0.4) is 0 Å². The summed E-state index contributed by atoms with van der Waals surface area (Å²) in [4.78, 5) is 2.20. The molecule has 0 bridgehead atoms. The second kappa shape index (κ2) is 5.67. The van der Waals surface area contributed by atoms with Crippen LogP contribution in [0.2, 0.25) is 0 Å². The van der Waals surface area contributed by atoms with E-state index in [0.717, 1.165) is 13.1 Å². The van der Waals surface area contributed by atoms with Crippen LogP contribution in [-0.2, 0) is 6.54 Å². The summed E-state index contributed by atoms with van der Waals surface area (Å²) in [6.07, 6.45) is 0. The minimum Gasteiger partial charge on any atom is -0.301 e. The lowest BCUT2D eigenvalue weighted by molar-refractivity contribution is 0.303. The van der Waals surface area contributed by atoms with Gasteiger partial charge in [-0.15, -0.1) is 0 Å². The molecule has 0 saturated carbocycles. The highest BCUT2D eigenvalue weighted by Crippen LogP contribution is 2.11. The van der Waals surface area contributed by atoms with Crippen molar-refractivity contribution >= 4 is 0 Å². The van der Waals surface area contributed by atoms with Gasteiger partial charge in [0.15, 0.2) is 0 Å². The van der Waals surface area contributed by atoms with Gasteiger partial charge in [0.1, 0.15) is 0 Å². The van der Waals surface area contributed by atoms with E-state index < -0.39 is 0 Å². The molecule has 1 aromatic carbocycles. The maximum Gasteiger partial charge on any atom is 0.0666 e. The van der Waals surface area contributed by atoms with Gasteiger partial charge < -0.3 is 4.90 Å². The lowest BCUT2D eigenvalue weighted by Crippen LogP contribution is -2.23. The maximum atomic E-state index is 8.76. The molecule has 0 fully saturated rings. The van der Waals surface area contributed by atoms with Gasteiger partial charge in [0, 0.05) is 13.1 Å². The van der Waals surface area contributed by atoms with Crippen molar-refractivity contribution in [2.24, 2.45) is 5.92 Å². The van der Waals surface area contributed by atoms with E-state index in [2.05, 4.69) is 50.1 Å². The van der Waals surface area contributed by atoms with Crippen LogP contribution in [0.5, 0.6) is 0 Å². The van der Waals surface area contributed by atoms with Crippen molar-refractivity contribution in [3.63, 3.8) is 0 Å². The molecule has 16 heavy (non-hydrogen) atoms. The van der Waals surface area contributed by atoms with E-state index in [4.69, 9.17) is 5.26 Å². The molecule has 0 aromatic heterocycles. The van der Waals surface area contributed by atoms with Crippen molar-refractivity contribution < 1.29 is 0 Å². The zero-order chi connectivity index (χ0) is 12.1. The average molecular weight is 216 g/mol. The first-order chi connectivity index (χ1) is 7.51. The molecular weight excluding hydrogens is 196 g/mol. The standard InChI is InChI=1S/C14H20N2/c1-11-5-12(2)7-14(6-11)10-16(4)9-13(3)8-15/h5-7,13H,9-10H2,1-4H3. The predicted octanol–water partition coefficient (Wildman–Crippen LogP) is 2.89. The van der Waals surface area contributed by atoms with Crippen LogP contribution < -0.4 is 0 Å². The summed E-state index contributed by atoms with van der Waals surface area (Å²) in [5.74, 6) is 0.0934. The molecule has 0 spiro atoms. The fraction of sp³-hybridized carbons (Fsp3) is 0.500. The monoisotopic (exact) mass is 216 g/mol. The van der Waals surface area contributed by atoms with Crippen LogP contribution in [0.25, 0.3) is 0 Å². The Morgan fingerprint density at radius 2 is 1.81 bits per heavy atom. The maximum absolute atomic E-state index is 8.76. The summed E-state index contributed by atoms with van der Waals surface area (Å²) in [5, 5.41) is 8.76. The molecule has 0 N–H and O–H groups in total. The molecule has 0 saturated heterocycles. The van der Waals surface area contributed by atoms with Gasteiger partial charge in [0.2, 0.25) is 0 Å². The normalized spacial score (nSPS) is 12.5. The third-order valence-corrected chi connectivity index (χ3v) is 2.54. The van der Waals surface area contributed by atoms with Gasteiger partial charge in [0.25, 0.3) is 0 Å². The minimum absolute atomic E-state index is 0.0934. The second-order valence-corrected chi connectivity index (χ2v) is 4.72. The van der Waals surface area contributed by atoms with Crippen molar-refractivity contribution in [3.05, 3.63) is 34.9 Å². The third kappa shape index (κ3) is 4.04. The molecule has 2 heteroatoms. The first-order valence-corrected chi connectivity index (χ1v) is 5.66. The van der Waals surface area contributed by atoms with Gasteiger partial charge in [-0.05, 0) is 33.4 Å². The summed E-state index contributed by atoms with van der Waals surface area (Å²) in [6, 6.07) is 8.86. The zero-order valence-corrected chi connectivity index (χ0v) is 10.6. The van der Waals surface area contributed by atoms with Gasteiger partial charge >= 0.3 is 0 Å². The molecule has 2 nitrogen and oxygen atoms in total. The molecule has 0 radical (unpaired) electrons. The summed E-state index contributed by atoms with van der Waals surface area (Å²) >= 11 is 0. The third-order valence-electron chi connectivity index (χ3n) is 2.54. The van der Waals surface area contributed by atoms with Crippen molar-refractivity contribution in [2.75, 3.05) is 13.6 Å². The molecule has 0 aliphatic heterocycles. The van der Waals surface area contributed by atoms with E-state index in [1.54, 1.807) is 0 Å². The Balaban J connectivity index is 2.63. The fourth-order valence-electron chi connectivity index (χ4n) is 2.04. The van der Waals surface area contributed by atoms with E-state index in [1.807, 2.05) is 6.92 Å². The predicted molar refractivity (Wildman–Crippen MR) is 67.0 cm³/mol. The molecule has 0 heterocycles. The zero-order valence-electron chi connectivity index (χ0n) is 10.6. The Hall–Kier alpha value is -1.33. The first-order valence-electron chi connectivity index (χ1n) is 5.66. The topological polar surface area (TPSA) is 27.0 Å². The number of rotatable bonds is 4. The van der Waals surface area contributed by atoms with Crippen LogP contribution in [-0.4, -0.2) is 18.5 Å². The quantitative estimate of drug-likeness (QED) is 0.773. The van der Waals surface area contributed by atoms with Crippen LogP contribution in [0.15, 0.2) is 18.2 Å². The summed E-state index contributed by atoms with van der Waals surface area (Å²) in [6.45, 7) is 7.93. The number of hydrogen-bond acceptors (Lipinski definition) is 2. The lowest BCUT2D eigenvalue weighted by Gasteiger charge is -2.18. The Bertz CT molecular complexity index is 370. The van der Waals surface area contributed by atoms with Crippen LogP contribution >= 0.6 is 0 Å². The number of aryl methyl sites for hydroxylation is 2. The van der Waals surface area contributed by atoms with E-state index in [-0.39, 0.29) is 5.92 Å². The SMILES string of the molecule is Cc1cc(C)cc(CN(C)CC(C)C#N)c1. The molecular formula is C14H20N2. The van der Waals surface area contributed by atoms with Crippen molar-refractivity contribution in [1.82, 2.24) is 4.90 Å². The molecule has 1 unspecified atom stereocenters. The fourth-order valence-corrected chi connectivity index (χ4v) is 2.04. The van der Waals surface area contributed by atoms with Crippen molar-refractivity contribution in [3.8, 4) is 6.07 Å². The summed E-state index contributed by atoms with van der Waals surface area (Å²) in [5.41, 5.74) is 3.93.